The van der Waals surface area contributed by atoms with Crippen LogP contribution in [0.4, 0.5) is 0 Å². The standard InChI is InChI=1S/C50H88NO10P/c1-8-10-27-33-45(52)34-29-23-19-15-14-18-21-25-31-37-49(53)57-41-46(42-59-62(55,56)58-40-39-51(5,6)7)60-50(54)38-32-26-22-17-13-12-16-20-24-30-36-48-44(4)43(3)47(61-48)35-28-11-9-2/h10,19,23,27,29,34,45-46,52H,8-9,11-18,20-22,24-26,28,30-33,35-42H2,1-7H3/p+1/b23-19+,27-10+,34-29+/t45?,46-/m1/s1. The van der Waals surface area contributed by atoms with E-state index >= 15 is 0 Å². The zero-order valence-corrected chi connectivity index (χ0v) is 41.1. The topological polar surface area (TPSA) is 142 Å². The van der Waals surface area contributed by atoms with Crippen LogP contribution in [-0.2, 0) is 45.5 Å². The second kappa shape index (κ2) is 35.8. The third-order valence-electron chi connectivity index (χ3n) is 11.0. The van der Waals surface area contributed by atoms with Gasteiger partial charge in [0.1, 0.15) is 31.3 Å². The number of phosphoric ester groups is 1. The molecule has 0 bridgehead atoms. The summed E-state index contributed by atoms with van der Waals surface area (Å²) >= 11 is 0. The average Bonchev–Trinajstić information content (AvgIpc) is 3.48. The maximum atomic E-state index is 12.8. The number of aliphatic hydroxyl groups is 1. The minimum atomic E-state index is -4.41. The Morgan fingerprint density at radius 2 is 1.24 bits per heavy atom. The molecule has 2 unspecified atom stereocenters. The highest BCUT2D eigenvalue weighted by atomic mass is 31.2. The number of ether oxygens (including phenoxy) is 2. The van der Waals surface area contributed by atoms with Crippen LogP contribution in [0.5, 0.6) is 0 Å². The molecule has 1 aromatic rings. The van der Waals surface area contributed by atoms with Gasteiger partial charge in [0, 0.05) is 25.7 Å². The van der Waals surface area contributed by atoms with Crippen LogP contribution >= 0.6 is 7.82 Å². The van der Waals surface area contributed by atoms with Crippen molar-refractivity contribution in [1.82, 2.24) is 0 Å². The van der Waals surface area contributed by atoms with Crippen LogP contribution < -0.4 is 0 Å². The van der Waals surface area contributed by atoms with Gasteiger partial charge in [-0.2, -0.15) is 0 Å². The average molecular weight is 895 g/mol. The summed E-state index contributed by atoms with van der Waals surface area (Å²) in [5.41, 5.74) is 2.68. The number of nitrogens with zero attached hydrogens (tertiary/aromatic N) is 1. The van der Waals surface area contributed by atoms with Crippen LogP contribution in [0.25, 0.3) is 0 Å². The van der Waals surface area contributed by atoms with Crippen LogP contribution in [0.1, 0.15) is 184 Å². The minimum absolute atomic E-state index is 0.0131. The van der Waals surface area contributed by atoms with Gasteiger partial charge in [-0.15, -0.1) is 0 Å². The molecule has 0 aliphatic rings. The SMILES string of the molecule is CC/C=C/CC(O)/C=C/C=C/CCCCCCCC(=O)OC[C@H](COP(=O)(O)OCC[N+](C)(C)C)OC(=O)CCCCCCCCCCCCc1oc(CCCCC)c(C)c1C. The maximum Gasteiger partial charge on any atom is 0.472 e. The Hall–Kier alpha value is -2.53. The van der Waals surface area contributed by atoms with E-state index in [1.54, 1.807) is 6.08 Å². The third kappa shape index (κ3) is 32.2. The summed E-state index contributed by atoms with van der Waals surface area (Å²) in [6.07, 6.45) is 34.8. The summed E-state index contributed by atoms with van der Waals surface area (Å²) in [6.45, 7) is 8.51. The molecule has 0 saturated carbocycles. The van der Waals surface area contributed by atoms with E-state index in [0.29, 0.717) is 30.3 Å². The first-order chi connectivity index (χ1) is 29.7. The van der Waals surface area contributed by atoms with Gasteiger partial charge in [0.25, 0.3) is 0 Å². The summed E-state index contributed by atoms with van der Waals surface area (Å²) in [7, 11) is 1.41. The molecular weight excluding hydrogens is 806 g/mol. The van der Waals surface area contributed by atoms with Crippen molar-refractivity contribution in [3.05, 3.63) is 59.1 Å². The van der Waals surface area contributed by atoms with Crippen molar-refractivity contribution in [1.29, 1.82) is 0 Å². The molecule has 1 rings (SSSR count). The zero-order valence-electron chi connectivity index (χ0n) is 40.2. The largest absolute Gasteiger partial charge is 0.472 e. The Morgan fingerprint density at radius 1 is 0.694 bits per heavy atom. The van der Waals surface area contributed by atoms with Gasteiger partial charge in [0.15, 0.2) is 6.10 Å². The quantitative estimate of drug-likeness (QED) is 0.0163. The van der Waals surface area contributed by atoms with Crippen molar-refractivity contribution >= 4 is 19.8 Å². The van der Waals surface area contributed by atoms with Gasteiger partial charge >= 0.3 is 19.8 Å². The summed E-state index contributed by atoms with van der Waals surface area (Å²) < 4.78 is 40.6. The summed E-state index contributed by atoms with van der Waals surface area (Å²) in [5.74, 6) is 1.50. The lowest BCUT2D eigenvalue weighted by Gasteiger charge is -2.24. The lowest BCUT2D eigenvalue weighted by Crippen LogP contribution is -2.37. The van der Waals surface area contributed by atoms with E-state index in [1.165, 1.54) is 80.4 Å². The summed E-state index contributed by atoms with van der Waals surface area (Å²) in [5, 5.41) is 9.90. The number of furan rings is 1. The van der Waals surface area contributed by atoms with E-state index < -0.39 is 38.6 Å². The first-order valence-corrected chi connectivity index (χ1v) is 25.7. The lowest BCUT2D eigenvalue weighted by atomic mass is 10.0. The van der Waals surface area contributed by atoms with Crippen LogP contribution in [0, 0.1) is 13.8 Å². The van der Waals surface area contributed by atoms with Crippen LogP contribution in [0.3, 0.4) is 0 Å². The van der Waals surface area contributed by atoms with Crippen LogP contribution in [0.2, 0.25) is 0 Å². The Kier molecular flexibility index (Phi) is 33.2. The highest BCUT2D eigenvalue weighted by Crippen LogP contribution is 2.43. The summed E-state index contributed by atoms with van der Waals surface area (Å²) in [6, 6.07) is 0. The van der Waals surface area contributed by atoms with Gasteiger partial charge in [-0.05, 0) is 76.3 Å². The molecule has 0 aromatic carbocycles. The van der Waals surface area contributed by atoms with Crippen LogP contribution in [-0.4, -0.2) is 86.1 Å². The predicted molar refractivity (Wildman–Crippen MR) is 252 cm³/mol. The fourth-order valence-electron chi connectivity index (χ4n) is 6.88. The van der Waals surface area contributed by atoms with Crippen LogP contribution in [0.15, 0.2) is 40.9 Å². The van der Waals surface area contributed by atoms with Gasteiger partial charge in [-0.3, -0.25) is 18.6 Å². The smallest absolute Gasteiger partial charge is 0.466 e. The predicted octanol–water partition coefficient (Wildman–Crippen LogP) is 12.3. The molecule has 358 valence electrons. The lowest BCUT2D eigenvalue weighted by molar-refractivity contribution is -0.870. The van der Waals surface area contributed by atoms with E-state index in [4.69, 9.17) is 22.9 Å². The number of rotatable bonds is 40. The number of carbonyl (C=O) groups excluding carboxylic acids is 2. The zero-order chi connectivity index (χ0) is 45.9. The van der Waals surface area contributed by atoms with E-state index in [2.05, 4.69) is 39.8 Å². The van der Waals surface area contributed by atoms with Crippen molar-refractivity contribution in [2.45, 2.75) is 200 Å². The molecule has 1 aromatic heterocycles. The third-order valence-corrected chi connectivity index (χ3v) is 12.0. The molecular formula is C50H89NO10P+. The Bertz CT molecular complexity index is 1450. The maximum absolute atomic E-state index is 12.8. The van der Waals surface area contributed by atoms with Gasteiger partial charge in [-0.1, -0.05) is 134 Å². The van der Waals surface area contributed by atoms with Gasteiger partial charge < -0.3 is 28.4 Å². The van der Waals surface area contributed by atoms with E-state index in [0.717, 1.165) is 70.6 Å². The highest BCUT2D eigenvalue weighted by molar-refractivity contribution is 7.47. The molecule has 0 radical (unpaired) electrons. The van der Waals surface area contributed by atoms with E-state index in [-0.39, 0.29) is 26.1 Å². The molecule has 0 aliphatic heterocycles. The first-order valence-electron chi connectivity index (χ1n) is 24.2. The number of hydrogen-bond donors (Lipinski definition) is 2. The number of aryl methyl sites for hydroxylation is 2. The number of likely N-dealkylation sites (N-methyl/N-ethyl adjacent to an activating group) is 1. The Balaban J connectivity index is 2.33. The van der Waals surface area contributed by atoms with Crippen molar-refractivity contribution in [3.63, 3.8) is 0 Å². The van der Waals surface area contributed by atoms with Gasteiger partial charge in [0.2, 0.25) is 0 Å². The minimum Gasteiger partial charge on any atom is -0.466 e. The molecule has 62 heavy (non-hydrogen) atoms. The highest BCUT2D eigenvalue weighted by Gasteiger charge is 2.27. The van der Waals surface area contributed by atoms with Crippen molar-refractivity contribution in [3.8, 4) is 0 Å². The molecule has 0 spiro atoms. The second-order valence-corrected chi connectivity index (χ2v) is 19.4. The normalized spacial score (nSPS) is 14.3. The molecule has 0 saturated heterocycles. The molecule has 12 heteroatoms. The number of esters is 2. The fraction of sp³-hybridized carbons (Fsp3) is 0.760. The number of carbonyl (C=O) groups is 2. The molecule has 2 N–H and O–H groups in total. The van der Waals surface area contributed by atoms with E-state index in [1.807, 2.05) is 39.4 Å². The fourth-order valence-corrected chi connectivity index (χ4v) is 7.62. The van der Waals surface area contributed by atoms with Gasteiger partial charge in [-0.25, -0.2) is 4.57 Å². The number of hydrogen-bond acceptors (Lipinski definition) is 9. The first kappa shape index (κ1) is 57.5. The molecule has 11 nitrogen and oxygen atoms in total. The van der Waals surface area contributed by atoms with Gasteiger partial charge in [0.05, 0.1) is 33.9 Å². The number of phosphoric acid groups is 1. The number of allylic oxidation sites excluding steroid dienone is 4. The molecule has 1 heterocycles. The molecule has 0 amide bonds. The number of aliphatic hydroxyl groups excluding tert-OH is 1. The Labute approximate surface area is 377 Å². The number of unbranched alkanes of at least 4 members (excludes halogenated alkanes) is 16. The summed E-state index contributed by atoms with van der Waals surface area (Å²) in [4.78, 5) is 35.5. The molecule has 0 fully saturated rings. The second-order valence-electron chi connectivity index (χ2n) is 17.9. The monoisotopic (exact) mass is 895 g/mol. The van der Waals surface area contributed by atoms with Crippen molar-refractivity contribution in [2.24, 2.45) is 0 Å². The Morgan fingerprint density at radius 3 is 1.82 bits per heavy atom. The van der Waals surface area contributed by atoms with Crippen molar-refractivity contribution < 1.29 is 51.6 Å². The number of quaternary nitrogens is 1. The molecule has 3 atom stereocenters. The van der Waals surface area contributed by atoms with Crippen molar-refractivity contribution in [2.75, 3.05) is 47.5 Å². The molecule has 0 aliphatic carbocycles. The van der Waals surface area contributed by atoms with E-state index in [9.17, 15) is 24.2 Å².